The van der Waals surface area contributed by atoms with E-state index in [1.807, 2.05) is 18.5 Å². The van der Waals surface area contributed by atoms with Crippen LogP contribution in [-0.2, 0) is 0 Å². The van der Waals surface area contributed by atoms with Crippen LogP contribution < -0.4 is 10.2 Å². The molecule has 0 radical (unpaired) electrons. The fourth-order valence-electron chi connectivity index (χ4n) is 2.29. The van der Waals surface area contributed by atoms with E-state index in [1.165, 1.54) is 0 Å². The first-order valence-corrected chi connectivity index (χ1v) is 6.74. The Morgan fingerprint density at radius 3 is 2.55 bits per heavy atom. The maximum Gasteiger partial charge on any atom is 0.227 e. The summed E-state index contributed by atoms with van der Waals surface area (Å²) in [6.45, 7) is 4.18. The highest BCUT2D eigenvalue weighted by Gasteiger charge is 2.17. The highest BCUT2D eigenvalue weighted by molar-refractivity contribution is 5.72. The molecule has 2 aromatic rings. The molecule has 3 rings (SSSR count). The van der Waals surface area contributed by atoms with Crippen molar-refractivity contribution in [1.82, 2.24) is 19.9 Å². The zero-order valence-electron chi connectivity index (χ0n) is 11.5. The zero-order valence-corrected chi connectivity index (χ0v) is 11.5. The third-order valence-electron chi connectivity index (χ3n) is 3.45. The van der Waals surface area contributed by atoms with E-state index in [2.05, 4.69) is 37.1 Å². The molecule has 0 aromatic carbocycles. The van der Waals surface area contributed by atoms with Gasteiger partial charge in [0.1, 0.15) is 0 Å². The molecule has 104 valence electrons. The number of likely N-dealkylation sites (N-methyl/N-ethyl adjacent to an activating group) is 1. The highest BCUT2D eigenvalue weighted by Crippen LogP contribution is 2.27. The SMILES string of the molecule is CN1CCN(c2ccncc2Nc2ncccn2)CC1. The van der Waals surface area contributed by atoms with Crippen molar-refractivity contribution < 1.29 is 0 Å². The summed E-state index contributed by atoms with van der Waals surface area (Å²) in [5, 5.41) is 3.24. The number of rotatable bonds is 3. The Bertz CT molecular complexity index is 551. The van der Waals surface area contributed by atoms with Crippen molar-refractivity contribution in [1.29, 1.82) is 0 Å². The minimum Gasteiger partial charge on any atom is -0.367 e. The van der Waals surface area contributed by atoms with Crippen LogP contribution >= 0.6 is 0 Å². The monoisotopic (exact) mass is 270 g/mol. The van der Waals surface area contributed by atoms with Gasteiger partial charge in [-0.2, -0.15) is 0 Å². The highest BCUT2D eigenvalue weighted by atomic mass is 15.3. The number of piperazine rings is 1. The number of nitrogens with zero attached hydrogens (tertiary/aromatic N) is 5. The van der Waals surface area contributed by atoms with Crippen molar-refractivity contribution in [3.63, 3.8) is 0 Å². The molecule has 0 unspecified atom stereocenters. The van der Waals surface area contributed by atoms with Crippen molar-refractivity contribution >= 4 is 17.3 Å². The quantitative estimate of drug-likeness (QED) is 0.909. The second-order valence-corrected chi connectivity index (χ2v) is 4.88. The average molecular weight is 270 g/mol. The van der Waals surface area contributed by atoms with E-state index in [0.29, 0.717) is 5.95 Å². The largest absolute Gasteiger partial charge is 0.367 e. The Balaban J connectivity index is 1.81. The predicted octanol–water partition coefficient (Wildman–Crippen LogP) is 1.37. The van der Waals surface area contributed by atoms with Gasteiger partial charge in [0.25, 0.3) is 0 Å². The molecule has 1 aliphatic rings. The van der Waals surface area contributed by atoms with Crippen molar-refractivity contribution in [2.24, 2.45) is 0 Å². The van der Waals surface area contributed by atoms with E-state index in [9.17, 15) is 0 Å². The summed E-state index contributed by atoms with van der Waals surface area (Å²) in [6.07, 6.45) is 7.09. The minimum absolute atomic E-state index is 0.593. The zero-order chi connectivity index (χ0) is 13.8. The number of hydrogen-bond donors (Lipinski definition) is 1. The molecule has 1 saturated heterocycles. The summed E-state index contributed by atoms with van der Waals surface area (Å²) in [7, 11) is 2.15. The van der Waals surface area contributed by atoms with Crippen LogP contribution in [0.25, 0.3) is 0 Å². The molecule has 6 nitrogen and oxygen atoms in total. The molecule has 1 aliphatic heterocycles. The van der Waals surface area contributed by atoms with Crippen LogP contribution in [0, 0.1) is 0 Å². The van der Waals surface area contributed by atoms with Crippen LogP contribution in [0.3, 0.4) is 0 Å². The summed E-state index contributed by atoms with van der Waals surface area (Å²) in [4.78, 5) is 17.3. The van der Waals surface area contributed by atoms with Crippen LogP contribution in [0.15, 0.2) is 36.9 Å². The molecule has 6 heteroatoms. The third-order valence-corrected chi connectivity index (χ3v) is 3.45. The molecule has 0 spiro atoms. The fourth-order valence-corrected chi connectivity index (χ4v) is 2.29. The molecule has 1 fully saturated rings. The molecule has 0 bridgehead atoms. The Morgan fingerprint density at radius 2 is 1.80 bits per heavy atom. The van der Waals surface area contributed by atoms with Crippen molar-refractivity contribution in [3.8, 4) is 0 Å². The third kappa shape index (κ3) is 2.85. The molecule has 0 amide bonds. The lowest BCUT2D eigenvalue weighted by atomic mass is 10.2. The van der Waals surface area contributed by atoms with Crippen LogP contribution in [0.4, 0.5) is 17.3 Å². The van der Waals surface area contributed by atoms with E-state index in [4.69, 9.17) is 0 Å². The van der Waals surface area contributed by atoms with Crippen LogP contribution in [0.2, 0.25) is 0 Å². The van der Waals surface area contributed by atoms with Gasteiger partial charge in [-0.3, -0.25) is 4.98 Å². The Kier molecular flexibility index (Phi) is 3.73. The fraction of sp³-hybridized carbons (Fsp3) is 0.357. The lowest BCUT2D eigenvalue weighted by molar-refractivity contribution is 0.313. The van der Waals surface area contributed by atoms with E-state index < -0.39 is 0 Å². The van der Waals surface area contributed by atoms with Gasteiger partial charge in [-0.25, -0.2) is 9.97 Å². The summed E-state index contributed by atoms with van der Waals surface area (Å²) in [6, 6.07) is 3.84. The average Bonchev–Trinajstić information content (AvgIpc) is 2.50. The standard InChI is InChI=1S/C14H18N6/c1-19-7-9-20(10-8-19)13-3-6-15-11-12(13)18-14-16-4-2-5-17-14/h2-6,11H,7-10H2,1H3,(H,16,17,18). The van der Waals surface area contributed by atoms with Crippen molar-refractivity contribution in [3.05, 3.63) is 36.9 Å². The molecule has 2 aromatic heterocycles. The van der Waals surface area contributed by atoms with Gasteiger partial charge in [0.15, 0.2) is 0 Å². The van der Waals surface area contributed by atoms with Gasteiger partial charge in [0, 0.05) is 44.8 Å². The maximum absolute atomic E-state index is 4.20. The van der Waals surface area contributed by atoms with E-state index in [-0.39, 0.29) is 0 Å². The normalized spacial score (nSPS) is 16.1. The number of anilines is 3. The van der Waals surface area contributed by atoms with Gasteiger partial charge >= 0.3 is 0 Å². The Morgan fingerprint density at radius 1 is 1.05 bits per heavy atom. The maximum atomic E-state index is 4.20. The van der Waals surface area contributed by atoms with E-state index in [1.54, 1.807) is 18.5 Å². The molecule has 0 atom stereocenters. The molecule has 3 heterocycles. The smallest absolute Gasteiger partial charge is 0.227 e. The molecular formula is C14H18N6. The van der Waals surface area contributed by atoms with Gasteiger partial charge in [-0.15, -0.1) is 0 Å². The summed E-state index contributed by atoms with van der Waals surface area (Å²) in [5.41, 5.74) is 2.10. The first-order valence-electron chi connectivity index (χ1n) is 6.74. The minimum atomic E-state index is 0.593. The van der Waals surface area contributed by atoms with E-state index >= 15 is 0 Å². The number of nitrogens with one attached hydrogen (secondary N) is 1. The van der Waals surface area contributed by atoms with Gasteiger partial charge < -0.3 is 15.1 Å². The molecular weight excluding hydrogens is 252 g/mol. The van der Waals surface area contributed by atoms with Crippen molar-refractivity contribution in [2.45, 2.75) is 0 Å². The second-order valence-electron chi connectivity index (χ2n) is 4.88. The molecule has 0 aliphatic carbocycles. The van der Waals surface area contributed by atoms with Crippen LogP contribution in [0.5, 0.6) is 0 Å². The number of hydrogen-bond acceptors (Lipinski definition) is 6. The lowest BCUT2D eigenvalue weighted by Gasteiger charge is -2.34. The number of pyridine rings is 1. The van der Waals surface area contributed by atoms with Crippen LogP contribution in [-0.4, -0.2) is 53.1 Å². The van der Waals surface area contributed by atoms with Gasteiger partial charge in [0.05, 0.1) is 17.6 Å². The predicted molar refractivity (Wildman–Crippen MR) is 79.3 cm³/mol. The Labute approximate surface area is 118 Å². The van der Waals surface area contributed by atoms with E-state index in [0.717, 1.165) is 37.6 Å². The first kappa shape index (κ1) is 12.8. The van der Waals surface area contributed by atoms with Crippen LogP contribution in [0.1, 0.15) is 0 Å². The molecule has 1 N–H and O–H groups in total. The summed E-state index contributed by atoms with van der Waals surface area (Å²) >= 11 is 0. The van der Waals surface area contributed by atoms with Crippen molar-refractivity contribution in [2.75, 3.05) is 43.4 Å². The molecule has 0 saturated carbocycles. The number of aromatic nitrogens is 3. The second kappa shape index (κ2) is 5.83. The summed E-state index contributed by atoms with van der Waals surface area (Å²) in [5.74, 6) is 0.593. The van der Waals surface area contributed by atoms with Gasteiger partial charge in [-0.1, -0.05) is 0 Å². The first-order chi connectivity index (χ1) is 9.83. The van der Waals surface area contributed by atoms with Gasteiger partial charge in [0.2, 0.25) is 5.95 Å². The summed E-state index contributed by atoms with van der Waals surface area (Å²) < 4.78 is 0. The topological polar surface area (TPSA) is 57.2 Å². The van der Waals surface area contributed by atoms with Gasteiger partial charge in [-0.05, 0) is 19.2 Å². The Hall–Kier alpha value is -2.21. The lowest BCUT2D eigenvalue weighted by Crippen LogP contribution is -2.44. The molecule has 20 heavy (non-hydrogen) atoms.